The zero-order valence-electron chi connectivity index (χ0n) is 12.9. The Bertz CT molecular complexity index is 765. The molecule has 2 unspecified atom stereocenters. The summed E-state index contributed by atoms with van der Waals surface area (Å²) in [6.45, 7) is 0. The summed E-state index contributed by atoms with van der Waals surface area (Å²) < 4.78 is 11.7. The number of fused-ring (bicyclic) bond motifs is 4. The molecule has 2 amide bonds. The summed E-state index contributed by atoms with van der Waals surface area (Å²) in [5.41, 5.74) is 1.04. The number of hydrogen-bond acceptors (Lipinski definition) is 4. The normalized spacial score (nSPS) is 25.2. The van der Waals surface area contributed by atoms with Crippen LogP contribution in [0, 0.1) is 0 Å². The van der Waals surface area contributed by atoms with Crippen LogP contribution in [0.5, 0.6) is 11.5 Å². The lowest BCUT2D eigenvalue weighted by molar-refractivity contribution is -0.0936. The molecule has 1 saturated heterocycles. The largest absolute Gasteiger partial charge is 0.497 e. The van der Waals surface area contributed by atoms with E-state index in [1.54, 1.807) is 31.5 Å². The number of nitrogens with one attached hydrogen (secondary N) is 1. The first-order valence-corrected chi connectivity index (χ1v) is 7.46. The zero-order chi connectivity index (χ0) is 16.0. The van der Waals surface area contributed by atoms with Crippen molar-refractivity contribution in [2.75, 3.05) is 14.2 Å². The number of urea groups is 1. The average molecular weight is 311 g/mol. The van der Waals surface area contributed by atoms with Crippen LogP contribution >= 0.6 is 0 Å². The van der Waals surface area contributed by atoms with E-state index in [1.807, 2.05) is 30.3 Å². The molecule has 1 aromatic heterocycles. The molecular weight excluding hydrogens is 294 g/mol. The Morgan fingerprint density at radius 1 is 1.35 bits per heavy atom. The number of carbonyl (C=O) groups excluding carboxylic acids is 1. The van der Waals surface area contributed by atoms with Crippen molar-refractivity contribution in [2.24, 2.45) is 0 Å². The monoisotopic (exact) mass is 311 g/mol. The molecule has 4 rings (SSSR count). The van der Waals surface area contributed by atoms with Gasteiger partial charge in [0.2, 0.25) is 5.72 Å². The van der Waals surface area contributed by atoms with Gasteiger partial charge in [0.05, 0.1) is 13.2 Å². The highest BCUT2D eigenvalue weighted by molar-refractivity contribution is 5.77. The van der Waals surface area contributed by atoms with Crippen molar-refractivity contribution in [1.82, 2.24) is 15.2 Å². The van der Waals surface area contributed by atoms with E-state index in [0.717, 1.165) is 22.6 Å². The molecule has 2 aliphatic heterocycles. The van der Waals surface area contributed by atoms with E-state index in [2.05, 4.69) is 10.3 Å². The maximum atomic E-state index is 12.4. The highest BCUT2D eigenvalue weighted by Crippen LogP contribution is 2.49. The molecule has 0 aliphatic carbocycles. The van der Waals surface area contributed by atoms with Crippen molar-refractivity contribution in [1.29, 1.82) is 0 Å². The number of carbonyl (C=O) groups is 1. The first-order chi connectivity index (χ1) is 11.1. The molecule has 1 fully saturated rings. The van der Waals surface area contributed by atoms with Crippen molar-refractivity contribution in [3.8, 4) is 11.5 Å². The Balaban J connectivity index is 1.89. The van der Waals surface area contributed by atoms with Crippen LogP contribution < -0.4 is 14.8 Å². The summed E-state index contributed by atoms with van der Waals surface area (Å²) >= 11 is 0. The number of hydrogen-bond donors (Lipinski definition) is 1. The Kier molecular flexibility index (Phi) is 2.94. The molecule has 6 nitrogen and oxygen atoms in total. The van der Waals surface area contributed by atoms with Gasteiger partial charge in [-0.25, -0.2) is 4.79 Å². The molecule has 0 saturated carbocycles. The van der Waals surface area contributed by atoms with E-state index in [1.165, 1.54) is 0 Å². The van der Waals surface area contributed by atoms with E-state index in [0.29, 0.717) is 6.42 Å². The molecule has 1 N–H and O–H groups in total. The van der Waals surface area contributed by atoms with Crippen LogP contribution in [0.15, 0.2) is 42.7 Å². The fourth-order valence-electron chi connectivity index (χ4n) is 3.35. The van der Waals surface area contributed by atoms with Crippen LogP contribution in [0.1, 0.15) is 23.6 Å². The second-order valence-electron chi connectivity index (χ2n) is 5.79. The summed E-state index contributed by atoms with van der Waals surface area (Å²) in [7, 11) is 3.37. The number of benzene rings is 1. The minimum Gasteiger partial charge on any atom is -0.497 e. The standard InChI is InChI=1S/C17H17N3O3/c1-20-16(21)19-14-10-17(20,11-5-7-18-8-6-11)23-15-9-12(22-2)3-4-13(14)15/h3-9,14H,10H2,1-2H3,(H,19,21). The molecule has 2 aliphatic rings. The summed E-state index contributed by atoms with van der Waals surface area (Å²) in [4.78, 5) is 18.1. The third-order valence-corrected chi connectivity index (χ3v) is 4.63. The Hall–Kier alpha value is -2.76. The highest BCUT2D eigenvalue weighted by atomic mass is 16.5. The van der Waals surface area contributed by atoms with Crippen LogP contribution in [-0.4, -0.2) is 30.1 Å². The van der Waals surface area contributed by atoms with Gasteiger partial charge in [-0.15, -0.1) is 0 Å². The fraction of sp³-hybridized carbons (Fsp3) is 0.294. The summed E-state index contributed by atoms with van der Waals surface area (Å²) in [6.07, 6.45) is 4.06. The molecule has 6 heteroatoms. The maximum absolute atomic E-state index is 12.4. The first kappa shape index (κ1) is 13.9. The quantitative estimate of drug-likeness (QED) is 0.925. The maximum Gasteiger partial charge on any atom is 0.320 e. The summed E-state index contributed by atoms with van der Waals surface area (Å²) in [6, 6.07) is 9.21. The molecular formula is C17H17N3O3. The van der Waals surface area contributed by atoms with Gasteiger partial charge in [0.25, 0.3) is 0 Å². The molecule has 3 heterocycles. The van der Waals surface area contributed by atoms with Crippen LogP contribution in [0.2, 0.25) is 0 Å². The molecule has 2 aromatic rings. The summed E-state index contributed by atoms with van der Waals surface area (Å²) in [5.74, 6) is 1.45. The number of methoxy groups -OCH3 is 1. The average Bonchev–Trinajstić information content (AvgIpc) is 2.60. The van der Waals surface area contributed by atoms with Crippen molar-refractivity contribution in [2.45, 2.75) is 18.2 Å². The predicted molar refractivity (Wildman–Crippen MR) is 83.2 cm³/mol. The minimum atomic E-state index is -0.838. The van der Waals surface area contributed by atoms with Gasteiger partial charge in [-0.1, -0.05) is 0 Å². The lowest BCUT2D eigenvalue weighted by Crippen LogP contribution is -2.62. The smallest absolute Gasteiger partial charge is 0.320 e. The molecule has 2 bridgehead atoms. The van der Waals surface area contributed by atoms with Crippen molar-refractivity contribution in [3.63, 3.8) is 0 Å². The van der Waals surface area contributed by atoms with Crippen molar-refractivity contribution < 1.29 is 14.3 Å². The van der Waals surface area contributed by atoms with E-state index in [-0.39, 0.29) is 12.1 Å². The Labute approximate surface area is 134 Å². The molecule has 118 valence electrons. The summed E-state index contributed by atoms with van der Waals surface area (Å²) in [5, 5.41) is 3.04. The van der Waals surface area contributed by atoms with Crippen LogP contribution in [0.3, 0.4) is 0 Å². The molecule has 2 atom stereocenters. The molecule has 0 spiro atoms. The van der Waals surface area contributed by atoms with Gasteiger partial charge in [0.1, 0.15) is 11.5 Å². The Morgan fingerprint density at radius 2 is 2.13 bits per heavy atom. The second-order valence-corrected chi connectivity index (χ2v) is 5.79. The molecule has 0 radical (unpaired) electrons. The number of ether oxygens (including phenoxy) is 2. The highest BCUT2D eigenvalue weighted by Gasteiger charge is 2.51. The zero-order valence-corrected chi connectivity index (χ0v) is 12.9. The number of pyridine rings is 1. The van der Waals surface area contributed by atoms with Gasteiger partial charge in [0, 0.05) is 43.1 Å². The van der Waals surface area contributed by atoms with Crippen molar-refractivity contribution in [3.05, 3.63) is 53.9 Å². The number of amides is 2. The minimum absolute atomic E-state index is 0.0958. The van der Waals surface area contributed by atoms with E-state index in [4.69, 9.17) is 9.47 Å². The van der Waals surface area contributed by atoms with Gasteiger partial charge in [-0.2, -0.15) is 0 Å². The van der Waals surface area contributed by atoms with E-state index < -0.39 is 5.72 Å². The van der Waals surface area contributed by atoms with Gasteiger partial charge >= 0.3 is 6.03 Å². The lowest BCUT2D eigenvalue weighted by Gasteiger charge is -2.51. The van der Waals surface area contributed by atoms with Crippen LogP contribution in [-0.2, 0) is 5.72 Å². The van der Waals surface area contributed by atoms with E-state index >= 15 is 0 Å². The van der Waals surface area contributed by atoms with E-state index in [9.17, 15) is 4.79 Å². The molecule has 23 heavy (non-hydrogen) atoms. The SMILES string of the molecule is COc1ccc2c(c1)OC1(c3ccncc3)CC2NC(=O)N1C. The lowest BCUT2D eigenvalue weighted by atomic mass is 9.85. The van der Waals surface area contributed by atoms with Gasteiger partial charge in [0.15, 0.2) is 0 Å². The third kappa shape index (κ3) is 1.94. The van der Waals surface area contributed by atoms with Gasteiger partial charge < -0.3 is 14.8 Å². The number of aromatic nitrogens is 1. The fourth-order valence-corrected chi connectivity index (χ4v) is 3.35. The predicted octanol–water partition coefficient (Wildman–Crippen LogP) is 2.42. The number of rotatable bonds is 2. The van der Waals surface area contributed by atoms with Gasteiger partial charge in [-0.05, 0) is 24.3 Å². The van der Waals surface area contributed by atoms with Gasteiger partial charge in [-0.3, -0.25) is 9.88 Å². The number of nitrogens with zero attached hydrogens (tertiary/aromatic N) is 2. The Morgan fingerprint density at radius 3 is 2.87 bits per heavy atom. The third-order valence-electron chi connectivity index (χ3n) is 4.63. The second kappa shape index (κ2) is 4.87. The van der Waals surface area contributed by atoms with Crippen LogP contribution in [0.4, 0.5) is 4.79 Å². The van der Waals surface area contributed by atoms with Crippen LogP contribution in [0.25, 0.3) is 0 Å². The topological polar surface area (TPSA) is 63.7 Å². The van der Waals surface area contributed by atoms with Crippen molar-refractivity contribution >= 4 is 6.03 Å². The first-order valence-electron chi connectivity index (χ1n) is 7.46. The molecule has 1 aromatic carbocycles.